The highest BCUT2D eigenvalue weighted by Gasteiger charge is 2.20. The summed E-state index contributed by atoms with van der Waals surface area (Å²) >= 11 is 0. The van der Waals surface area contributed by atoms with Gasteiger partial charge in [-0.25, -0.2) is 4.39 Å². The highest BCUT2D eigenvalue weighted by Crippen LogP contribution is 2.19. The maximum absolute atomic E-state index is 13.3. The SMILES string of the molecule is C#CC(C)(C)NC(=O)c1ccc(F)cc1NC(C)C. The zero-order valence-electron chi connectivity index (χ0n) is 11.7. The predicted octanol–water partition coefficient (Wildman–Crippen LogP) is 2.79. The largest absolute Gasteiger partial charge is 0.382 e. The van der Waals surface area contributed by atoms with E-state index in [-0.39, 0.29) is 11.9 Å². The van der Waals surface area contributed by atoms with E-state index in [2.05, 4.69) is 16.6 Å². The van der Waals surface area contributed by atoms with Crippen molar-refractivity contribution in [3.8, 4) is 12.3 Å². The molecular formula is C15H19FN2O. The minimum atomic E-state index is -0.749. The molecule has 1 amide bonds. The zero-order chi connectivity index (χ0) is 14.6. The molecule has 0 radical (unpaired) electrons. The molecular weight excluding hydrogens is 243 g/mol. The van der Waals surface area contributed by atoms with Gasteiger partial charge in [0.15, 0.2) is 0 Å². The Labute approximate surface area is 113 Å². The van der Waals surface area contributed by atoms with Crippen molar-refractivity contribution >= 4 is 11.6 Å². The van der Waals surface area contributed by atoms with Crippen LogP contribution in [0.2, 0.25) is 0 Å². The Kier molecular flexibility index (Phi) is 4.55. The van der Waals surface area contributed by atoms with Crippen molar-refractivity contribution in [1.82, 2.24) is 5.32 Å². The number of nitrogens with one attached hydrogen (secondary N) is 2. The van der Waals surface area contributed by atoms with Gasteiger partial charge < -0.3 is 10.6 Å². The first-order valence-corrected chi connectivity index (χ1v) is 6.11. The van der Waals surface area contributed by atoms with E-state index in [0.29, 0.717) is 11.3 Å². The lowest BCUT2D eigenvalue weighted by molar-refractivity contribution is 0.0930. The average Bonchev–Trinajstić information content (AvgIpc) is 2.27. The molecule has 0 atom stereocenters. The van der Waals surface area contributed by atoms with Gasteiger partial charge in [-0.1, -0.05) is 5.92 Å². The van der Waals surface area contributed by atoms with Crippen LogP contribution in [0.3, 0.4) is 0 Å². The van der Waals surface area contributed by atoms with Gasteiger partial charge in [0.05, 0.1) is 16.8 Å². The van der Waals surface area contributed by atoms with E-state index in [1.807, 2.05) is 13.8 Å². The molecule has 0 aromatic heterocycles. The minimum absolute atomic E-state index is 0.0917. The molecule has 0 unspecified atom stereocenters. The van der Waals surface area contributed by atoms with Gasteiger partial charge in [0, 0.05) is 6.04 Å². The number of carbonyl (C=O) groups excluding carboxylic acids is 1. The Morgan fingerprint density at radius 1 is 1.42 bits per heavy atom. The molecule has 1 aromatic rings. The fraction of sp³-hybridized carbons (Fsp3) is 0.400. The third-order valence-electron chi connectivity index (χ3n) is 2.46. The molecule has 0 saturated heterocycles. The average molecular weight is 262 g/mol. The van der Waals surface area contributed by atoms with E-state index in [0.717, 1.165) is 0 Å². The van der Waals surface area contributed by atoms with Crippen molar-refractivity contribution in [2.75, 3.05) is 5.32 Å². The Morgan fingerprint density at radius 3 is 2.58 bits per heavy atom. The summed E-state index contributed by atoms with van der Waals surface area (Å²) in [6, 6.07) is 4.09. The van der Waals surface area contributed by atoms with Gasteiger partial charge in [0.1, 0.15) is 5.82 Å². The van der Waals surface area contributed by atoms with Gasteiger partial charge in [0.25, 0.3) is 5.91 Å². The highest BCUT2D eigenvalue weighted by atomic mass is 19.1. The highest BCUT2D eigenvalue weighted by molar-refractivity contribution is 6.00. The molecule has 3 nitrogen and oxygen atoms in total. The standard InChI is InChI=1S/C15H19FN2O/c1-6-15(4,5)18-14(19)12-8-7-11(16)9-13(12)17-10(2)3/h1,7-10,17H,2-5H3,(H,18,19). The summed E-state index contributed by atoms with van der Waals surface area (Å²) in [4.78, 5) is 12.2. The monoisotopic (exact) mass is 262 g/mol. The number of terminal acetylenes is 1. The number of hydrogen-bond acceptors (Lipinski definition) is 2. The Hall–Kier alpha value is -2.02. The van der Waals surface area contributed by atoms with E-state index in [1.165, 1.54) is 18.2 Å². The van der Waals surface area contributed by atoms with Crippen molar-refractivity contribution in [3.63, 3.8) is 0 Å². The van der Waals surface area contributed by atoms with E-state index in [9.17, 15) is 9.18 Å². The second-order valence-corrected chi connectivity index (χ2v) is 5.21. The zero-order valence-corrected chi connectivity index (χ0v) is 11.7. The number of amides is 1. The molecule has 0 fully saturated rings. The summed E-state index contributed by atoms with van der Waals surface area (Å²) < 4.78 is 13.3. The first kappa shape index (κ1) is 15.0. The molecule has 0 spiro atoms. The summed E-state index contributed by atoms with van der Waals surface area (Å²) in [5.74, 6) is 1.77. The minimum Gasteiger partial charge on any atom is -0.382 e. The maximum Gasteiger partial charge on any atom is 0.254 e. The van der Waals surface area contributed by atoms with Gasteiger partial charge in [-0.05, 0) is 45.9 Å². The quantitative estimate of drug-likeness (QED) is 0.819. The van der Waals surface area contributed by atoms with Crippen molar-refractivity contribution in [2.24, 2.45) is 0 Å². The van der Waals surface area contributed by atoms with Gasteiger partial charge in [0.2, 0.25) is 0 Å². The third kappa shape index (κ3) is 4.29. The Balaban J connectivity index is 3.06. The van der Waals surface area contributed by atoms with Crippen molar-refractivity contribution in [2.45, 2.75) is 39.3 Å². The van der Waals surface area contributed by atoms with Crippen LogP contribution in [0.5, 0.6) is 0 Å². The first-order chi connectivity index (χ1) is 8.75. The molecule has 19 heavy (non-hydrogen) atoms. The maximum atomic E-state index is 13.3. The van der Waals surface area contributed by atoms with Crippen molar-refractivity contribution in [3.05, 3.63) is 29.6 Å². The molecule has 0 bridgehead atoms. The van der Waals surface area contributed by atoms with E-state index in [4.69, 9.17) is 6.42 Å². The van der Waals surface area contributed by atoms with Crippen LogP contribution in [-0.2, 0) is 0 Å². The summed E-state index contributed by atoms with van der Waals surface area (Å²) in [5.41, 5.74) is 0.0827. The molecule has 0 aliphatic rings. The van der Waals surface area contributed by atoms with Crippen LogP contribution in [0.15, 0.2) is 18.2 Å². The van der Waals surface area contributed by atoms with Gasteiger partial charge in [-0.3, -0.25) is 4.79 Å². The van der Waals surface area contributed by atoms with Crippen molar-refractivity contribution in [1.29, 1.82) is 0 Å². The Bertz CT molecular complexity index is 515. The van der Waals surface area contributed by atoms with Crippen LogP contribution in [0, 0.1) is 18.2 Å². The molecule has 4 heteroatoms. The summed E-state index contributed by atoms with van der Waals surface area (Å²) in [5, 5.41) is 5.76. The second-order valence-electron chi connectivity index (χ2n) is 5.21. The number of benzene rings is 1. The fourth-order valence-electron chi connectivity index (χ4n) is 1.53. The molecule has 2 N–H and O–H groups in total. The number of hydrogen-bond donors (Lipinski definition) is 2. The lowest BCUT2D eigenvalue weighted by Gasteiger charge is -2.21. The van der Waals surface area contributed by atoms with Crippen LogP contribution in [0.4, 0.5) is 10.1 Å². The normalized spacial score (nSPS) is 11.0. The predicted molar refractivity (Wildman–Crippen MR) is 75.5 cm³/mol. The molecule has 1 aromatic carbocycles. The van der Waals surface area contributed by atoms with Crippen molar-refractivity contribution < 1.29 is 9.18 Å². The van der Waals surface area contributed by atoms with Crippen LogP contribution in [0.1, 0.15) is 38.1 Å². The molecule has 102 valence electrons. The van der Waals surface area contributed by atoms with Gasteiger partial charge in [-0.2, -0.15) is 0 Å². The molecule has 0 aliphatic heterocycles. The molecule has 1 rings (SSSR count). The molecule has 0 heterocycles. The topological polar surface area (TPSA) is 41.1 Å². The summed E-state index contributed by atoms with van der Waals surface area (Å²) in [6.07, 6.45) is 5.34. The fourth-order valence-corrected chi connectivity index (χ4v) is 1.53. The summed E-state index contributed by atoms with van der Waals surface area (Å²) in [6.45, 7) is 7.28. The van der Waals surface area contributed by atoms with Gasteiger partial charge in [-0.15, -0.1) is 6.42 Å². The van der Waals surface area contributed by atoms with Crippen LogP contribution < -0.4 is 10.6 Å². The molecule has 0 saturated carbocycles. The van der Waals surface area contributed by atoms with E-state index in [1.54, 1.807) is 13.8 Å². The molecule has 0 aliphatic carbocycles. The third-order valence-corrected chi connectivity index (χ3v) is 2.46. The van der Waals surface area contributed by atoms with Crippen LogP contribution in [0.25, 0.3) is 0 Å². The van der Waals surface area contributed by atoms with Gasteiger partial charge >= 0.3 is 0 Å². The van der Waals surface area contributed by atoms with E-state index >= 15 is 0 Å². The number of halogens is 1. The van der Waals surface area contributed by atoms with E-state index < -0.39 is 11.4 Å². The summed E-state index contributed by atoms with van der Waals surface area (Å²) in [7, 11) is 0. The first-order valence-electron chi connectivity index (χ1n) is 6.11. The number of rotatable bonds is 4. The number of carbonyl (C=O) groups is 1. The lowest BCUT2D eigenvalue weighted by Crippen LogP contribution is -2.42. The van der Waals surface area contributed by atoms with Crippen LogP contribution >= 0.6 is 0 Å². The smallest absolute Gasteiger partial charge is 0.254 e. The van der Waals surface area contributed by atoms with Crippen LogP contribution in [-0.4, -0.2) is 17.5 Å². The second kappa shape index (κ2) is 5.75. The number of anilines is 1. The Morgan fingerprint density at radius 2 is 2.05 bits per heavy atom. The lowest BCUT2D eigenvalue weighted by atomic mass is 10.1.